The van der Waals surface area contributed by atoms with Gasteiger partial charge in [0.2, 0.25) is 0 Å². The number of nitrogens with zero attached hydrogens (tertiary/aromatic N) is 2. The van der Waals surface area contributed by atoms with Gasteiger partial charge in [-0.05, 0) is 26.6 Å². The highest BCUT2D eigenvalue weighted by molar-refractivity contribution is 4.78. The molecule has 1 saturated heterocycles. The van der Waals surface area contributed by atoms with Crippen molar-refractivity contribution in [2.75, 3.05) is 53.5 Å². The monoisotopic (exact) mass is 243 g/mol. The molecule has 102 valence electrons. The van der Waals surface area contributed by atoms with Gasteiger partial charge in [0.1, 0.15) is 0 Å². The van der Waals surface area contributed by atoms with Crippen molar-refractivity contribution in [3.8, 4) is 0 Å². The van der Waals surface area contributed by atoms with Crippen LogP contribution in [0.5, 0.6) is 0 Å². The van der Waals surface area contributed by atoms with Gasteiger partial charge in [0, 0.05) is 38.8 Å². The molecule has 1 fully saturated rings. The quantitative estimate of drug-likeness (QED) is 0.741. The van der Waals surface area contributed by atoms with Gasteiger partial charge in [-0.2, -0.15) is 0 Å². The smallest absolute Gasteiger partial charge is 0.0630 e. The third-order valence-electron chi connectivity index (χ3n) is 3.39. The molecule has 1 rings (SSSR count). The maximum absolute atomic E-state index is 5.36. The molecule has 0 spiro atoms. The molecule has 1 N–H and O–H groups in total. The Morgan fingerprint density at radius 2 is 1.94 bits per heavy atom. The molecule has 4 heteroatoms. The lowest BCUT2D eigenvalue weighted by Gasteiger charge is -2.31. The highest BCUT2D eigenvalue weighted by atomic mass is 16.5. The second kappa shape index (κ2) is 8.03. The van der Waals surface area contributed by atoms with Crippen LogP contribution in [-0.4, -0.2) is 75.4 Å². The number of rotatable bonds is 6. The van der Waals surface area contributed by atoms with Crippen molar-refractivity contribution in [1.29, 1.82) is 0 Å². The van der Waals surface area contributed by atoms with E-state index in [0.29, 0.717) is 12.1 Å². The average Bonchev–Trinajstić information content (AvgIpc) is 2.49. The Hall–Kier alpha value is -0.160. The van der Waals surface area contributed by atoms with E-state index in [0.717, 1.165) is 19.7 Å². The summed E-state index contributed by atoms with van der Waals surface area (Å²) in [5.74, 6) is 0. The van der Waals surface area contributed by atoms with Crippen molar-refractivity contribution in [2.24, 2.45) is 0 Å². The van der Waals surface area contributed by atoms with Crippen LogP contribution in [0, 0.1) is 0 Å². The van der Waals surface area contributed by atoms with Gasteiger partial charge in [-0.3, -0.25) is 4.90 Å². The van der Waals surface area contributed by atoms with Crippen molar-refractivity contribution in [2.45, 2.75) is 32.4 Å². The van der Waals surface area contributed by atoms with Gasteiger partial charge in [0.05, 0.1) is 6.61 Å². The SMILES string of the molecule is COCC(CNC(C)C)N1CCCN(C)CC1. The van der Waals surface area contributed by atoms with Crippen molar-refractivity contribution < 1.29 is 4.74 Å². The molecule has 0 radical (unpaired) electrons. The number of hydrogen-bond donors (Lipinski definition) is 1. The van der Waals surface area contributed by atoms with E-state index in [1.807, 2.05) is 0 Å². The first-order valence-electron chi connectivity index (χ1n) is 6.78. The van der Waals surface area contributed by atoms with E-state index in [-0.39, 0.29) is 0 Å². The van der Waals surface area contributed by atoms with Gasteiger partial charge >= 0.3 is 0 Å². The minimum Gasteiger partial charge on any atom is -0.383 e. The minimum absolute atomic E-state index is 0.508. The maximum Gasteiger partial charge on any atom is 0.0630 e. The van der Waals surface area contributed by atoms with Gasteiger partial charge in [0.25, 0.3) is 0 Å². The molecule has 0 amide bonds. The summed E-state index contributed by atoms with van der Waals surface area (Å²) in [5, 5.41) is 3.52. The van der Waals surface area contributed by atoms with Crippen LogP contribution in [-0.2, 0) is 4.74 Å². The van der Waals surface area contributed by atoms with E-state index < -0.39 is 0 Å². The predicted octanol–water partition coefficient (Wildman–Crippen LogP) is 0.637. The van der Waals surface area contributed by atoms with E-state index in [1.165, 1.54) is 26.1 Å². The molecule has 1 atom stereocenters. The molecular weight excluding hydrogens is 214 g/mol. The average molecular weight is 243 g/mol. The summed E-state index contributed by atoms with van der Waals surface area (Å²) in [7, 11) is 4.01. The molecular formula is C13H29N3O. The molecule has 0 aromatic heterocycles. The highest BCUT2D eigenvalue weighted by Gasteiger charge is 2.20. The molecule has 17 heavy (non-hydrogen) atoms. The Morgan fingerprint density at radius 3 is 2.59 bits per heavy atom. The molecule has 0 saturated carbocycles. The lowest BCUT2D eigenvalue weighted by molar-refractivity contribution is 0.0905. The second-order valence-electron chi connectivity index (χ2n) is 5.36. The van der Waals surface area contributed by atoms with Crippen molar-refractivity contribution in [3.05, 3.63) is 0 Å². The fraction of sp³-hybridized carbons (Fsp3) is 1.00. The Morgan fingerprint density at radius 1 is 1.18 bits per heavy atom. The first-order chi connectivity index (χ1) is 8.13. The maximum atomic E-state index is 5.36. The van der Waals surface area contributed by atoms with Gasteiger partial charge in [-0.1, -0.05) is 13.8 Å². The number of methoxy groups -OCH3 is 1. The van der Waals surface area contributed by atoms with Crippen molar-refractivity contribution >= 4 is 0 Å². The van der Waals surface area contributed by atoms with Gasteiger partial charge in [-0.25, -0.2) is 0 Å². The standard InChI is InChI=1S/C13H29N3O/c1-12(2)14-10-13(11-17-4)16-7-5-6-15(3)8-9-16/h12-14H,5-11H2,1-4H3. The lowest BCUT2D eigenvalue weighted by atomic mass is 10.2. The van der Waals surface area contributed by atoms with Crippen molar-refractivity contribution in [3.63, 3.8) is 0 Å². The molecule has 1 unspecified atom stereocenters. The van der Waals surface area contributed by atoms with Gasteiger partial charge < -0.3 is 15.0 Å². The number of nitrogens with one attached hydrogen (secondary N) is 1. The largest absolute Gasteiger partial charge is 0.383 e. The zero-order chi connectivity index (χ0) is 12.7. The third kappa shape index (κ3) is 5.82. The van der Waals surface area contributed by atoms with Crippen LogP contribution >= 0.6 is 0 Å². The minimum atomic E-state index is 0.508. The van der Waals surface area contributed by atoms with Crippen LogP contribution in [0.4, 0.5) is 0 Å². The fourth-order valence-corrected chi connectivity index (χ4v) is 2.29. The molecule has 1 heterocycles. The van der Waals surface area contributed by atoms with Crippen LogP contribution in [0.15, 0.2) is 0 Å². The number of hydrogen-bond acceptors (Lipinski definition) is 4. The van der Waals surface area contributed by atoms with Crippen LogP contribution in [0.2, 0.25) is 0 Å². The van der Waals surface area contributed by atoms with E-state index in [4.69, 9.17) is 4.74 Å². The second-order valence-corrected chi connectivity index (χ2v) is 5.36. The van der Waals surface area contributed by atoms with Crippen LogP contribution in [0.1, 0.15) is 20.3 Å². The highest BCUT2D eigenvalue weighted by Crippen LogP contribution is 2.06. The summed E-state index contributed by atoms with van der Waals surface area (Å²) in [6.07, 6.45) is 1.26. The third-order valence-corrected chi connectivity index (χ3v) is 3.39. The molecule has 0 aromatic rings. The molecule has 0 aromatic carbocycles. The summed E-state index contributed by atoms with van der Waals surface area (Å²) in [6.45, 7) is 11.0. The number of likely N-dealkylation sites (N-methyl/N-ethyl adjacent to an activating group) is 1. The van der Waals surface area contributed by atoms with Gasteiger partial charge in [-0.15, -0.1) is 0 Å². The summed E-state index contributed by atoms with van der Waals surface area (Å²) in [6, 6.07) is 1.05. The van der Waals surface area contributed by atoms with E-state index in [1.54, 1.807) is 7.11 Å². The van der Waals surface area contributed by atoms with Crippen LogP contribution in [0.25, 0.3) is 0 Å². The normalized spacial score (nSPS) is 21.7. The fourth-order valence-electron chi connectivity index (χ4n) is 2.29. The van der Waals surface area contributed by atoms with E-state index >= 15 is 0 Å². The molecule has 4 nitrogen and oxygen atoms in total. The predicted molar refractivity (Wildman–Crippen MR) is 72.5 cm³/mol. The molecule has 0 aliphatic carbocycles. The van der Waals surface area contributed by atoms with E-state index in [9.17, 15) is 0 Å². The topological polar surface area (TPSA) is 27.7 Å². The Bertz CT molecular complexity index is 199. The van der Waals surface area contributed by atoms with Crippen molar-refractivity contribution in [1.82, 2.24) is 15.1 Å². The Labute approximate surface area is 106 Å². The van der Waals surface area contributed by atoms with Gasteiger partial charge in [0.15, 0.2) is 0 Å². The molecule has 1 aliphatic rings. The lowest BCUT2D eigenvalue weighted by Crippen LogP contribution is -2.47. The summed E-state index contributed by atoms with van der Waals surface area (Å²) in [5.41, 5.74) is 0. The molecule has 1 aliphatic heterocycles. The first kappa shape index (κ1) is 14.9. The summed E-state index contributed by atoms with van der Waals surface area (Å²) in [4.78, 5) is 4.99. The van der Waals surface area contributed by atoms with Crippen LogP contribution < -0.4 is 5.32 Å². The summed E-state index contributed by atoms with van der Waals surface area (Å²) < 4.78 is 5.36. The summed E-state index contributed by atoms with van der Waals surface area (Å²) >= 11 is 0. The zero-order valence-electron chi connectivity index (χ0n) is 11.9. The first-order valence-corrected chi connectivity index (χ1v) is 6.78. The van der Waals surface area contributed by atoms with Crippen LogP contribution in [0.3, 0.4) is 0 Å². The number of ether oxygens (including phenoxy) is 1. The molecule has 0 bridgehead atoms. The Balaban J connectivity index is 2.43. The zero-order valence-corrected chi connectivity index (χ0v) is 11.9. The Kier molecular flexibility index (Phi) is 7.04. The van der Waals surface area contributed by atoms with E-state index in [2.05, 4.69) is 36.0 Å².